The molecule has 0 saturated heterocycles. The number of hydrogen-bond donors (Lipinski definition) is 1. The molecule has 0 amide bonds. The number of rotatable bonds is 5. The number of ether oxygens (including phenoxy) is 1. The van der Waals surface area contributed by atoms with E-state index < -0.39 is 12.1 Å². The molecule has 0 aliphatic rings. The van der Waals surface area contributed by atoms with Crippen molar-refractivity contribution in [2.45, 2.75) is 13.0 Å². The molecule has 5 heteroatoms. The van der Waals surface area contributed by atoms with Crippen molar-refractivity contribution in [2.75, 3.05) is 6.61 Å². The van der Waals surface area contributed by atoms with E-state index >= 15 is 0 Å². The van der Waals surface area contributed by atoms with Crippen LogP contribution in [0, 0.1) is 5.82 Å². The molecule has 1 unspecified atom stereocenters. The standard InChI is InChI=1S/C18H16BrFO3/c1-2-23-17(21)8-3-12-9-14(11-15(19)10-12)18(22)13-4-6-16(20)7-5-13/h3-11,18,22H,2H2,1H3/b8-3+. The van der Waals surface area contributed by atoms with E-state index in [1.807, 2.05) is 6.07 Å². The smallest absolute Gasteiger partial charge is 0.330 e. The molecular weight excluding hydrogens is 363 g/mol. The van der Waals surface area contributed by atoms with Gasteiger partial charge in [-0.15, -0.1) is 0 Å². The number of benzene rings is 2. The lowest BCUT2D eigenvalue weighted by Gasteiger charge is -2.13. The minimum Gasteiger partial charge on any atom is -0.463 e. The van der Waals surface area contributed by atoms with E-state index in [9.17, 15) is 14.3 Å². The molecule has 0 aliphatic heterocycles. The van der Waals surface area contributed by atoms with Crippen molar-refractivity contribution in [3.8, 4) is 0 Å². The lowest BCUT2D eigenvalue weighted by molar-refractivity contribution is -0.137. The fourth-order valence-corrected chi connectivity index (χ4v) is 2.61. The molecule has 0 spiro atoms. The topological polar surface area (TPSA) is 46.5 Å². The number of aliphatic hydroxyl groups excluding tert-OH is 1. The lowest BCUT2D eigenvalue weighted by atomic mass is 9.99. The van der Waals surface area contributed by atoms with Crippen LogP contribution in [0.4, 0.5) is 4.39 Å². The first-order chi connectivity index (χ1) is 11.0. The summed E-state index contributed by atoms with van der Waals surface area (Å²) in [5.74, 6) is -0.777. The summed E-state index contributed by atoms with van der Waals surface area (Å²) in [7, 11) is 0. The molecule has 0 aromatic heterocycles. The van der Waals surface area contributed by atoms with Crippen molar-refractivity contribution in [1.82, 2.24) is 0 Å². The first-order valence-electron chi connectivity index (χ1n) is 7.08. The molecule has 1 atom stereocenters. The van der Waals surface area contributed by atoms with Crippen molar-refractivity contribution in [3.63, 3.8) is 0 Å². The molecule has 2 rings (SSSR count). The Balaban J connectivity index is 2.26. The largest absolute Gasteiger partial charge is 0.463 e. The third kappa shape index (κ3) is 5.01. The molecule has 0 bridgehead atoms. The fourth-order valence-electron chi connectivity index (χ4n) is 2.08. The zero-order chi connectivity index (χ0) is 16.8. The van der Waals surface area contributed by atoms with Crippen LogP contribution in [-0.4, -0.2) is 17.7 Å². The molecule has 2 aromatic carbocycles. The lowest BCUT2D eigenvalue weighted by Crippen LogP contribution is -2.01. The van der Waals surface area contributed by atoms with Gasteiger partial charge in [0.1, 0.15) is 11.9 Å². The number of aliphatic hydroxyl groups is 1. The summed E-state index contributed by atoms with van der Waals surface area (Å²) < 4.78 is 18.6. The van der Waals surface area contributed by atoms with Crippen LogP contribution in [0.2, 0.25) is 0 Å². The highest BCUT2D eigenvalue weighted by molar-refractivity contribution is 9.10. The van der Waals surface area contributed by atoms with Crippen molar-refractivity contribution < 1.29 is 19.0 Å². The van der Waals surface area contributed by atoms with Crippen LogP contribution in [-0.2, 0) is 9.53 Å². The molecule has 120 valence electrons. The zero-order valence-electron chi connectivity index (χ0n) is 12.5. The van der Waals surface area contributed by atoms with Gasteiger partial charge in [0.2, 0.25) is 0 Å². The normalized spacial score (nSPS) is 12.3. The first-order valence-corrected chi connectivity index (χ1v) is 7.87. The number of esters is 1. The quantitative estimate of drug-likeness (QED) is 0.624. The van der Waals surface area contributed by atoms with Gasteiger partial charge in [0.05, 0.1) is 6.61 Å². The van der Waals surface area contributed by atoms with Crippen molar-refractivity contribution in [1.29, 1.82) is 0 Å². The van der Waals surface area contributed by atoms with E-state index in [4.69, 9.17) is 4.74 Å². The van der Waals surface area contributed by atoms with E-state index in [-0.39, 0.29) is 5.82 Å². The van der Waals surface area contributed by atoms with E-state index in [2.05, 4.69) is 15.9 Å². The molecule has 2 aromatic rings. The molecular formula is C18H16BrFO3. The monoisotopic (exact) mass is 378 g/mol. The van der Waals surface area contributed by atoms with Gasteiger partial charge in [-0.1, -0.05) is 28.1 Å². The Labute approximate surface area is 142 Å². The van der Waals surface area contributed by atoms with Gasteiger partial charge in [-0.25, -0.2) is 9.18 Å². The number of carbonyl (C=O) groups is 1. The van der Waals surface area contributed by atoms with Crippen molar-refractivity contribution >= 4 is 28.0 Å². The van der Waals surface area contributed by atoms with Crippen molar-refractivity contribution in [3.05, 3.63) is 75.5 Å². The average Bonchev–Trinajstić information content (AvgIpc) is 2.53. The van der Waals surface area contributed by atoms with Gasteiger partial charge in [0, 0.05) is 10.5 Å². The minimum atomic E-state index is -0.886. The predicted molar refractivity (Wildman–Crippen MR) is 90.3 cm³/mol. The summed E-state index contributed by atoms with van der Waals surface area (Å²) in [6.07, 6.45) is 2.06. The van der Waals surface area contributed by atoms with Crippen LogP contribution < -0.4 is 0 Å². The highest BCUT2D eigenvalue weighted by Gasteiger charge is 2.12. The highest BCUT2D eigenvalue weighted by Crippen LogP contribution is 2.26. The maximum Gasteiger partial charge on any atom is 0.330 e. The fraction of sp³-hybridized carbons (Fsp3) is 0.167. The summed E-state index contributed by atoms with van der Waals surface area (Å²) in [5, 5.41) is 10.4. The Morgan fingerprint density at radius 3 is 2.61 bits per heavy atom. The molecule has 0 radical (unpaired) electrons. The third-order valence-corrected chi connectivity index (χ3v) is 3.60. The molecule has 0 aliphatic carbocycles. The van der Waals surface area contributed by atoms with E-state index in [0.29, 0.717) is 17.7 Å². The second-order valence-electron chi connectivity index (χ2n) is 4.86. The van der Waals surface area contributed by atoms with E-state index in [1.54, 1.807) is 25.1 Å². The summed E-state index contributed by atoms with van der Waals surface area (Å²) in [5.41, 5.74) is 1.96. The van der Waals surface area contributed by atoms with Gasteiger partial charge >= 0.3 is 5.97 Å². The SMILES string of the molecule is CCOC(=O)/C=C/c1cc(Br)cc(C(O)c2ccc(F)cc2)c1. The summed E-state index contributed by atoms with van der Waals surface area (Å²) in [6.45, 7) is 2.05. The maximum absolute atomic E-state index is 13.0. The Hall–Kier alpha value is -1.98. The Morgan fingerprint density at radius 1 is 1.26 bits per heavy atom. The Morgan fingerprint density at radius 2 is 1.96 bits per heavy atom. The third-order valence-electron chi connectivity index (χ3n) is 3.14. The van der Waals surface area contributed by atoms with Crippen LogP contribution in [0.1, 0.15) is 29.7 Å². The van der Waals surface area contributed by atoms with Crippen LogP contribution >= 0.6 is 15.9 Å². The number of halogens is 2. The predicted octanol–water partition coefficient (Wildman–Crippen LogP) is 4.25. The summed E-state index contributed by atoms with van der Waals surface area (Å²) in [4.78, 5) is 11.4. The first kappa shape index (κ1) is 17.4. The van der Waals surface area contributed by atoms with Gasteiger partial charge in [-0.2, -0.15) is 0 Å². The van der Waals surface area contributed by atoms with Crippen LogP contribution in [0.5, 0.6) is 0 Å². The molecule has 0 fully saturated rings. The number of hydrogen-bond acceptors (Lipinski definition) is 3. The van der Waals surface area contributed by atoms with Gasteiger partial charge in [0.15, 0.2) is 0 Å². The Bertz CT molecular complexity index is 711. The number of carbonyl (C=O) groups excluding carboxylic acids is 1. The summed E-state index contributed by atoms with van der Waals surface area (Å²) in [6, 6.07) is 11.0. The van der Waals surface area contributed by atoms with E-state index in [1.165, 1.54) is 30.3 Å². The van der Waals surface area contributed by atoms with Gasteiger partial charge in [0.25, 0.3) is 0 Å². The second kappa shape index (κ2) is 8.04. The Kier molecular flexibility index (Phi) is 6.07. The van der Waals surface area contributed by atoms with Gasteiger partial charge < -0.3 is 9.84 Å². The average molecular weight is 379 g/mol. The zero-order valence-corrected chi connectivity index (χ0v) is 14.1. The highest BCUT2D eigenvalue weighted by atomic mass is 79.9. The summed E-state index contributed by atoms with van der Waals surface area (Å²) >= 11 is 3.38. The molecule has 3 nitrogen and oxygen atoms in total. The maximum atomic E-state index is 13.0. The van der Waals surface area contributed by atoms with Crippen LogP contribution in [0.3, 0.4) is 0 Å². The second-order valence-corrected chi connectivity index (χ2v) is 5.77. The minimum absolute atomic E-state index is 0.316. The molecule has 23 heavy (non-hydrogen) atoms. The van der Waals surface area contributed by atoms with Gasteiger partial charge in [-0.3, -0.25) is 0 Å². The van der Waals surface area contributed by atoms with Crippen LogP contribution in [0.15, 0.2) is 53.0 Å². The van der Waals surface area contributed by atoms with E-state index in [0.717, 1.165) is 10.0 Å². The molecule has 0 saturated carbocycles. The van der Waals surface area contributed by atoms with Crippen molar-refractivity contribution in [2.24, 2.45) is 0 Å². The van der Waals surface area contributed by atoms with Crippen LogP contribution in [0.25, 0.3) is 6.08 Å². The molecule has 0 heterocycles. The molecule has 1 N–H and O–H groups in total. The van der Waals surface area contributed by atoms with Gasteiger partial charge in [-0.05, 0) is 60.0 Å².